The Labute approximate surface area is 162 Å². The highest BCUT2D eigenvalue weighted by molar-refractivity contribution is 8.26. The van der Waals surface area contributed by atoms with Crippen molar-refractivity contribution < 1.29 is 14.0 Å². The minimum absolute atomic E-state index is 0.0518. The molecule has 2 fully saturated rings. The summed E-state index contributed by atoms with van der Waals surface area (Å²) in [5.74, 6) is -0.706. The van der Waals surface area contributed by atoms with Crippen LogP contribution in [0.5, 0.6) is 0 Å². The number of hydrogen-bond acceptors (Lipinski definition) is 4. The molecular weight excluding hydrogens is 371 g/mol. The molecule has 1 aromatic rings. The lowest BCUT2D eigenvalue weighted by molar-refractivity contribution is -0.124. The average molecular weight is 393 g/mol. The van der Waals surface area contributed by atoms with Gasteiger partial charge in [-0.1, -0.05) is 61.4 Å². The zero-order valence-corrected chi connectivity index (χ0v) is 16.0. The van der Waals surface area contributed by atoms with E-state index in [0.29, 0.717) is 14.8 Å². The fraction of sp³-hybridized carbons (Fsp3) is 0.421. The Morgan fingerprint density at radius 2 is 2.04 bits per heavy atom. The Kier molecular flexibility index (Phi) is 6.43. The van der Waals surface area contributed by atoms with Crippen LogP contribution >= 0.6 is 24.0 Å². The second kappa shape index (κ2) is 8.77. The first-order chi connectivity index (χ1) is 12.5. The number of thiocarbonyl (C=S) groups is 1. The fourth-order valence-electron chi connectivity index (χ4n) is 3.19. The predicted octanol–water partition coefficient (Wildman–Crippen LogP) is 3.87. The first-order valence-electron chi connectivity index (χ1n) is 8.84. The van der Waals surface area contributed by atoms with E-state index in [-0.39, 0.29) is 36.6 Å². The molecule has 0 spiro atoms. The summed E-state index contributed by atoms with van der Waals surface area (Å²) in [6, 6.07) is 6.53. The van der Waals surface area contributed by atoms with Gasteiger partial charge in [-0.3, -0.25) is 14.5 Å². The summed E-state index contributed by atoms with van der Waals surface area (Å²) < 4.78 is 14.2. The van der Waals surface area contributed by atoms with Crippen molar-refractivity contribution in [1.82, 2.24) is 10.2 Å². The third-order valence-corrected chi connectivity index (χ3v) is 5.98. The zero-order chi connectivity index (χ0) is 18.5. The van der Waals surface area contributed by atoms with E-state index in [1.54, 1.807) is 18.2 Å². The van der Waals surface area contributed by atoms with Gasteiger partial charge in [-0.25, -0.2) is 4.39 Å². The molecule has 26 heavy (non-hydrogen) atoms. The normalized spacial score (nSPS) is 20.0. The minimum Gasteiger partial charge on any atom is -0.353 e. The molecule has 138 valence electrons. The Hall–Kier alpha value is -1.73. The van der Waals surface area contributed by atoms with Crippen LogP contribution in [-0.2, 0) is 9.59 Å². The van der Waals surface area contributed by atoms with Crippen LogP contribution in [0, 0.1) is 5.82 Å². The molecule has 1 aromatic carbocycles. The lowest BCUT2D eigenvalue weighted by Crippen LogP contribution is -2.39. The van der Waals surface area contributed by atoms with Gasteiger partial charge in [0, 0.05) is 24.6 Å². The molecule has 1 aliphatic heterocycles. The Bertz CT molecular complexity index is 745. The van der Waals surface area contributed by atoms with Gasteiger partial charge in [0.1, 0.15) is 10.1 Å². The third kappa shape index (κ3) is 4.71. The van der Waals surface area contributed by atoms with Crippen molar-refractivity contribution in [3.8, 4) is 0 Å². The van der Waals surface area contributed by atoms with Crippen LogP contribution in [0.3, 0.4) is 0 Å². The number of nitrogens with zero attached hydrogens (tertiary/aromatic N) is 1. The second-order valence-electron chi connectivity index (χ2n) is 6.51. The number of benzene rings is 1. The van der Waals surface area contributed by atoms with Gasteiger partial charge in [0.05, 0.1) is 4.91 Å². The smallest absolute Gasteiger partial charge is 0.266 e. The summed E-state index contributed by atoms with van der Waals surface area (Å²) in [4.78, 5) is 26.5. The van der Waals surface area contributed by atoms with Crippen molar-refractivity contribution in [3.63, 3.8) is 0 Å². The highest BCUT2D eigenvalue weighted by Crippen LogP contribution is 2.33. The van der Waals surface area contributed by atoms with E-state index < -0.39 is 0 Å². The lowest BCUT2D eigenvalue weighted by Gasteiger charge is -2.23. The number of amides is 2. The minimum atomic E-state index is -0.385. The maximum atomic E-state index is 13.8. The third-order valence-electron chi connectivity index (χ3n) is 4.60. The molecule has 1 aliphatic carbocycles. The molecule has 0 unspecified atom stereocenters. The summed E-state index contributed by atoms with van der Waals surface area (Å²) in [6.07, 6.45) is 7.32. The first kappa shape index (κ1) is 19.0. The SMILES string of the molecule is O=C(CCN1C(=O)/C(=C/c2ccccc2F)SC1=S)NC1CCCCC1. The van der Waals surface area contributed by atoms with Crippen molar-refractivity contribution >= 4 is 46.2 Å². The van der Waals surface area contributed by atoms with E-state index in [1.165, 1.54) is 23.5 Å². The highest BCUT2D eigenvalue weighted by Gasteiger charge is 2.32. The standard InChI is InChI=1S/C19H21FN2O2S2/c20-15-9-5-4-6-13(15)12-16-18(24)22(19(25)26-16)11-10-17(23)21-14-7-2-1-3-8-14/h4-6,9,12,14H,1-3,7-8,10-11H2,(H,21,23)/b16-12-. The molecule has 1 heterocycles. The second-order valence-corrected chi connectivity index (χ2v) is 8.18. The molecule has 1 saturated heterocycles. The molecule has 7 heteroatoms. The van der Waals surface area contributed by atoms with E-state index in [9.17, 15) is 14.0 Å². The Balaban J connectivity index is 1.57. The molecule has 2 aliphatic rings. The molecule has 2 amide bonds. The van der Waals surface area contributed by atoms with E-state index in [0.717, 1.165) is 37.4 Å². The number of carbonyl (C=O) groups excluding carboxylic acids is 2. The predicted molar refractivity (Wildman–Crippen MR) is 106 cm³/mol. The summed E-state index contributed by atoms with van der Waals surface area (Å²) in [7, 11) is 0. The van der Waals surface area contributed by atoms with Gasteiger partial charge in [-0.2, -0.15) is 0 Å². The van der Waals surface area contributed by atoms with Crippen molar-refractivity contribution in [2.75, 3.05) is 6.54 Å². The van der Waals surface area contributed by atoms with Gasteiger partial charge in [0.25, 0.3) is 5.91 Å². The van der Waals surface area contributed by atoms with E-state index in [1.807, 2.05) is 0 Å². The molecular formula is C19H21FN2O2S2. The topological polar surface area (TPSA) is 49.4 Å². The quantitative estimate of drug-likeness (QED) is 0.611. The summed E-state index contributed by atoms with van der Waals surface area (Å²) in [5.41, 5.74) is 0.350. The summed E-state index contributed by atoms with van der Waals surface area (Å²) >= 11 is 6.40. The first-order valence-corrected chi connectivity index (χ1v) is 10.1. The fourth-order valence-corrected chi connectivity index (χ4v) is 4.49. The van der Waals surface area contributed by atoms with Crippen molar-refractivity contribution in [3.05, 3.63) is 40.6 Å². The van der Waals surface area contributed by atoms with Gasteiger partial charge < -0.3 is 5.32 Å². The molecule has 1 saturated carbocycles. The number of thioether (sulfide) groups is 1. The van der Waals surface area contributed by atoms with Crippen LogP contribution in [0.25, 0.3) is 6.08 Å². The lowest BCUT2D eigenvalue weighted by atomic mass is 9.95. The van der Waals surface area contributed by atoms with Crippen LogP contribution in [-0.4, -0.2) is 33.6 Å². The number of hydrogen-bond donors (Lipinski definition) is 1. The average Bonchev–Trinajstić information content (AvgIpc) is 2.89. The van der Waals surface area contributed by atoms with Gasteiger partial charge in [0.15, 0.2) is 0 Å². The van der Waals surface area contributed by atoms with Crippen LogP contribution in [0.1, 0.15) is 44.1 Å². The Morgan fingerprint density at radius 3 is 2.77 bits per heavy atom. The van der Waals surface area contributed by atoms with Crippen molar-refractivity contribution in [2.24, 2.45) is 0 Å². The van der Waals surface area contributed by atoms with Gasteiger partial charge in [-0.15, -0.1) is 0 Å². The summed E-state index contributed by atoms with van der Waals surface area (Å²) in [6.45, 7) is 0.248. The van der Waals surface area contributed by atoms with Gasteiger partial charge >= 0.3 is 0 Å². The number of halogens is 1. The molecule has 0 bridgehead atoms. The zero-order valence-electron chi connectivity index (χ0n) is 14.4. The molecule has 0 radical (unpaired) electrons. The summed E-state index contributed by atoms with van der Waals surface area (Å²) in [5, 5.41) is 3.04. The number of nitrogens with one attached hydrogen (secondary N) is 1. The largest absolute Gasteiger partial charge is 0.353 e. The van der Waals surface area contributed by atoms with Gasteiger partial charge in [-0.05, 0) is 25.0 Å². The Morgan fingerprint density at radius 1 is 1.31 bits per heavy atom. The highest BCUT2D eigenvalue weighted by atomic mass is 32.2. The molecule has 3 rings (SSSR count). The molecule has 4 nitrogen and oxygen atoms in total. The van der Waals surface area contributed by atoms with Gasteiger partial charge in [0.2, 0.25) is 5.91 Å². The number of rotatable bonds is 5. The van der Waals surface area contributed by atoms with Crippen molar-refractivity contribution in [2.45, 2.75) is 44.6 Å². The van der Waals surface area contributed by atoms with E-state index in [4.69, 9.17) is 12.2 Å². The van der Waals surface area contributed by atoms with Crippen LogP contribution in [0.4, 0.5) is 4.39 Å². The monoisotopic (exact) mass is 392 g/mol. The maximum Gasteiger partial charge on any atom is 0.266 e. The van der Waals surface area contributed by atoms with Crippen LogP contribution < -0.4 is 5.32 Å². The molecule has 1 N–H and O–H groups in total. The van der Waals surface area contributed by atoms with E-state index >= 15 is 0 Å². The molecule has 0 aromatic heterocycles. The van der Waals surface area contributed by atoms with Crippen LogP contribution in [0.2, 0.25) is 0 Å². The number of carbonyl (C=O) groups is 2. The van der Waals surface area contributed by atoms with E-state index in [2.05, 4.69) is 5.32 Å². The maximum absolute atomic E-state index is 13.8. The molecule has 0 atom stereocenters. The van der Waals surface area contributed by atoms with Crippen LogP contribution in [0.15, 0.2) is 29.2 Å². The van der Waals surface area contributed by atoms with Crippen molar-refractivity contribution in [1.29, 1.82) is 0 Å².